The number of hydrogen-bond acceptors (Lipinski definition) is 5. The van der Waals surface area contributed by atoms with E-state index >= 15 is 0 Å². The van der Waals surface area contributed by atoms with E-state index in [4.69, 9.17) is 34.8 Å². The van der Waals surface area contributed by atoms with Gasteiger partial charge in [0.05, 0.1) is 17.9 Å². The second kappa shape index (κ2) is 12.0. The highest BCUT2D eigenvalue weighted by atomic mass is 35.6. The molecule has 188 valence electrons. The number of rotatable bonds is 9. The number of para-hydroxylation sites is 1. The van der Waals surface area contributed by atoms with E-state index < -0.39 is 9.96 Å². The smallest absolute Gasteiger partial charge is 0.245 e. The fraction of sp³-hybridized carbons (Fsp3) is 0.259. The molecule has 0 saturated carbocycles. The van der Waals surface area contributed by atoms with E-state index in [1.165, 1.54) is 6.08 Å². The summed E-state index contributed by atoms with van der Waals surface area (Å²) in [5, 5.41) is 7.19. The molecule has 9 heteroatoms. The zero-order chi connectivity index (χ0) is 25.5. The Morgan fingerprint density at radius 1 is 1.08 bits per heavy atom. The molecule has 36 heavy (non-hydrogen) atoms. The molecule has 1 aromatic heterocycles. The minimum absolute atomic E-state index is 0.388. The van der Waals surface area contributed by atoms with E-state index in [9.17, 15) is 4.79 Å². The van der Waals surface area contributed by atoms with Crippen LogP contribution in [0.2, 0.25) is 0 Å². The number of pyridine rings is 1. The number of hydrogen-bond donors (Lipinski definition) is 2. The van der Waals surface area contributed by atoms with Gasteiger partial charge in [0.2, 0.25) is 9.70 Å². The van der Waals surface area contributed by atoms with Crippen molar-refractivity contribution >= 4 is 63.4 Å². The summed E-state index contributed by atoms with van der Waals surface area (Å²) in [6.07, 6.45) is 6.07. The molecule has 2 aromatic carbocycles. The molecule has 6 nitrogen and oxygen atoms in total. The van der Waals surface area contributed by atoms with Crippen LogP contribution in [0.5, 0.6) is 0 Å². The van der Waals surface area contributed by atoms with Crippen molar-refractivity contribution in [2.24, 2.45) is 0 Å². The fourth-order valence-electron chi connectivity index (χ4n) is 4.15. The Kier molecular flexibility index (Phi) is 8.75. The van der Waals surface area contributed by atoms with Gasteiger partial charge in [0.1, 0.15) is 5.82 Å². The van der Waals surface area contributed by atoms with Crippen molar-refractivity contribution in [1.82, 2.24) is 20.1 Å². The highest BCUT2D eigenvalue weighted by Crippen LogP contribution is 2.34. The SMILES string of the molecule is C=C(Nc1cccc2cccnc12)N(CN1CCCC1)C(NC(=O)/C=C/c1ccccc1)C(Cl)(Cl)Cl. The average Bonchev–Trinajstić information content (AvgIpc) is 3.38. The first-order valence-corrected chi connectivity index (χ1v) is 12.8. The van der Waals surface area contributed by atoms with Crippen LogP contribution in [-0.4, -0.2) is 50.4 Å². The molecule has 1 fully saturated rings. The number of amides is 1. The van der Waals surface area contributed by atoms with Crippen molar-refractivity contribution in [3.63, 3.8) is 0 Å². The van der Waals surface area contributed by atoms with Gasteiger partial charge in [0.25, 0.3) is 0 Å². The van der Waals surface area contributed by atoms with Gasteiger partial charge < -0.3 is 15.5 Å². The minimum Gasteiger partial charge on any atom is -0.341 e. The lowest BCUT2D eigenvalue weighted by Gasteiger charge is -2.40. The molecular weight excluding hydrogens is 517 g/mol. The van der Waals surface area contributed by atoms with Gasteiger partial charge in [-0.25, -0.2) is 0 Å². The van der Waals surface area contributed by atoms with E-state index in [1.54, 1.807) is 17.2 Å². The van der Waals surface area contributed by atoms with E-state index in [-0.39, 0.29) is 5.91 Å². The van der Waals surface area contributed by atoms with E-state index in [0.717, 1.165) is 48.1 Å². The van der Waals surface area contributed by atoms with Crippen LogP contribution in [-0.2, 0) is 4.79 Å². The molecule has 0 aliphatic carbocycles. The Labute approximate surface area is 226 Å². The monoisotopic (exact) mass is 543 g/mol. The van der Waals surface area contributed by atoms with Crippen LogP contribution in [0.15, 0.2) is 85.3 Å². The maximum Gasteiger partial charge on any atom is 0.245 e. The summed E-state index contributed by atoms with van der Waals surface area (Å²) in [6, 6.07) is 19.2. The van der Waals surface area contributed by atoms with Gasteiger partial charge in [-0.05, 0) is 49.7 Å². The van der Waals surface area contributed by atoms with Crippen LogP contribution < -0.4 is 10.6 Å². The first kappa shape index (κ1) is 26.3. The Bertz CT molecular complexity index is 1220. The van der Waals surface area contributed by atoms with Crippen molar-refractivity contribution in [3.05, 3.63) is 90.9 Å². The summed E-state index contributed by atoms with van der Waals surface area (Å²) < 4.78 is -1.84. The van der Waals surface area contributed by atoms with Gasteiger partial charge in [-0.1, -0.05) is 89.9 Å². The van der Waals surface area contributed by atoms with E-state index in [2.05, 4.69) is 27.1 Å². The van der Waals surface area contributed by atoms with Gasteiger partial charge in [0, 0.05) is 17.7 Å². The van der Waals surface area contributed by atoms with Gasteiger partial charge in [-0.3, -0.25) is 14.7 Å². The first-order chi connectivity index (χ1) is 17.3. The van der Waals surface area contributed by atoms with Crippen LogP contribution in [0, 0.1) is 0 Å². The Hall–Kier alpha value is -2.77. The number of carbonyl (C=O) groups is 1. The number of halogens is 3. The second-order valence-electron chi connectivity index (χ2n) is 8.59. The highest BCUT2D eigenvalue weighted by molar-refractivity contribution is 6.68. The summed E-state index contributed by atoms with van der Waals surface area (Å²) in [7, 11) is 0. The molecular formula is C27H28Cl3N5O. The third-order valence-electron chi connectivity index (χ3n) is 5.94. The largest absolute Gasteiger partial charge is 0.341 e. The van der Waals surface area contributed by atoms with Crippen molar-refractivity contribution in [1.29, 1.82) is 0 Å². The van der Waals surface area contributed by atoms with Gasteiger partial charge in [0.15, 0.2) is 6.17 Å². The molecule has 1 aliphatic heterocycles. The molecule has 4 rings (SSSR count). The van der Waals surface area contributed by atoms with Crippen LogP contribution >= 0.6 is 34.8 Å². The molecule has 1 aliphatic rings. The predicted molar refractivity (Wildman–Crippen MR) is 150 cm³/mol. The number of alkyl halides is 3. The topological polar surface area (TPSA) is 60.5 Å². The summed E-state index contributed by atoms with van der Waals surface area (Å²) in [6.45, 7) is 6.49. The lowest BCUT2D eigenvalue weighted by Crippen LogP contribution is -2.57. The molecule has 1 atom stereocenters. The molecule has 0 spiro atoms. The molecule has 2 N–H and O–H groups in total. The molecule has 1 unspecified atom stereocenters. The number of anilines is 1. The predicted octanol–water partition coefficient (Wildman–Crippen LogP) is 6.00. The van der Waals surface area contributed by atoms with E-state index in [1.807, 2.05) is 60.7 Å². The number of aromatic nitrogens is 1. The number of carbonyl (C=O) groups excluding carboxylic acids is 1. The van der Waals surface area contributed by atoms with Crippen LogP contribution in [0.1, 0.15) is 18.4 Å². The van der Waals surface area contributed by atoms with Crippen molar-refractivity contribution in [2.45, 2.75) is 22.8 Å². The Morgan fingerprint density at radius 3 is 2.53 bits per heavy atom. The van der Waals surface area contributed by atoms with Crippen LogP contribution in [0.25, 0.3) is 17.0 Å². The normalized spacial score (nSPS) is 15.2. The van der Waals surface area contributed by atoms with Crippen molar-refractivity contribution in [2.75, 3.05) is 25.1 Å². The van der Waals surface area contributed by atoms with Crippen LogP contribution in [0.4, 0.5) is 5.69 Å². The van der Waals surface area contributed by atoms with E-state index in [0.29, 0.717) is 12.5 Å². The third-order valence-corrected chi connectivity index (χ3v) is 6.56. The lowest BCUT2D eigenvalue weighted by molar-refractivity contribution is -0.118. The second-order valence-corrected chi connectivity index (χ2v) is 11.0. The summed E-state index contributed by atoms with van der Waals surface area (Å²) in [5.41, 5.74) is 2.45. The van der Waals surface area contributed by atoms with Crippen molar-refractivity contribution < 1.29 is 4.79 Å². The number of likely N-dealkylation sites (tertiary alicyclic amines) is 1. The Morgan fingerprint density at radius 2 is 1.81 bits per heavy atom. The molecule has 3 aromatic rings. The average molecular weight is 545 g/mol. The quantitative estimate of drug-likeness (QED) is 0.197. The molecule has 2 heterocycles. The lowest BCUT2D eigenvalue weighted by atomic mass is 10.2. The first-order valence-electron chi connectivity index (χ1n) is 11.7. The summed E-state index contributed by atoms with van der Waals surface area (Å²) >= 11 is 19.3. The minimum atomic E-state index is -1.84. The third kappa shape index (κ3) is 6.92. The summed E-state index contributed by atoms with van der Waals surface area (Å²) in [5.74, 6) is 0.0879. The van der Waals surface area contributed by atoms with Gasteiger partial charge in [-0.15, -0.1) is 0 Å². The summed E-state index contributed by atoms with van der Waals surface area (Å²) in [4.78, 5) is 21.4. The number of nitrogens with one attached hydrogen (secondary N) is 2. The van der Waals surface area contributed by atoms with Crippen molar-refractivity contribution in [3.8, 4) is 0 Å². The Balaban J connectivity index is 1.59. The fourth-order valence-corrected chi connectivity index (χ4v) is 4.67. The number of nitrogens with zero attached hydrogens (tertiary/aromatic N) is 3. The zero-order valence-corrected chi connectivity index (χ0v) is 22.0. The number of benzene rings is 2. The molecule has 1 amide bonds. The molecule has 0 bridgehead atoms. The van der Waals surface area contributed by atoms with Gasteiger partial charge >= 0.3 is 0 Å². The molecule has 1 saturated heterocycles. The number of fused-ring (bicyclic) bond motifs is 1. The zero-order valence-electron chi connectivity index (χ0n) is 19.7. The molecule has 0 radical (unpaired) electrons. The highest BCUT2D eigenvalue weighted by Gasteiger charge is 2.40. The van der Waals surface area contributed by atoms with Gasteiger partial charge in [-0.2, -0.15) is 0 Å². The maximum atomic E-state index is 12.9. The van der Waals surface area contributed by atoms with Crippen LogP contribution in [0.3, 0.4) is 0 Å². The standard InChI is InChI=1S/C27H28Cl3N5O/c1-20(32-23-13-7-11-22-12-8-16-31-25(22)23)35(19-34-17-5-6-18-34)26(27(28,29)30)33-24(36)15-14-21-9-3-2-4-10-21/h2-4,7-16,26,32H,1,5-6,17-19H2,(H,33,36)/b15-14+. The maximum absolute atomic E-state index is 12.9.